The van der Waals surface area contributed by atoms with Gasteiger partial charge >= 0.3 is 19.4 Å². The topological polar surface area (TPSA) is 158 Å². The number of H-pyrrole nitrogens is 1. The summed E-state index contributed by atoms with van der Waals surface area (Å²) in [7, 11) is -4.30. The number of para-hydroxylation sites is 1. The Balaban J connectivity index is 1.80. The number of aromatic amines is 1. The maximum absolute atomic E-state index is 15.4. The van der Waals surface area contributed by atoms with Crippen molar-refractivity contribution in [1.82, 2.24) is 14.6 Å². The number of nitrogens with one attached hydrogen (secondary N) is 2. The van der Waals surface area contributed by atoms with Crippen LogP contribution in [0.15, 0.2) is 52.2 Å². The Hall–Kier alpha value is -2.83. The van der Waals surface area contributed by atoms with Crippen LogP contribution in [0.3, 0.4) is 0 Å². The molecule has 1 saturated heterocycles. The number of ether oxygens (including phenoxy) is 2. The number of benzene rings is 1. The molecule has 1 fully saturated rings. The number of rotatable bonds is 10. The normalized spacial score (nSPS) is 26.4. The molecule has 1 aliphatic rings. The number of hydrogen-bond donors (Lipinski definition) is 3. The van der Waals surface area contributed by atoms with E-state index in [4.69, 9.17) is 18.5 Å². The van der Waals surface area contributed by atoms with E-state index in [-0.39, 0.29) is 5.75 Å². The van der Waals surface area contributed by atoms with Gasteiger partial charge in [-0.3, -0.25) is 23.7 Å². The minimum absolute atomic E-state index is 0.152. The molecule has 36 heavy (non-hydrogen) atoms. The molecular weight excluding hydrogens is 500 g/mol. The van der Waals surface area contributed by atoms with Crippen molar-refractivity contribution in [2.75, 3.05) is 6.61 Å². The molecule has 0 bridgehead atoms. The lowest BCUT2D eigenvalue weighted by Crippen LogP contribution is -2.43. The molecule has 2 aromatic rings. The molecular formula is C22H29FN3O9P. The van der Waals surface area contributed by atoms with E-state index in [1.165, 1.54) is 19.1 Å². The molecule has 3 N–H and O–H groups in total. The average Bonchev–Trinajstić information content (AvgIpc) is 3.01. The van der Waals surface area contributed by atoms with Crippen molar-refractivity contribution in [2.24, 2.45) is 0 Å². The molecule has 0 radical (unpaired) electrons. The maximum Gasteiger partial charge on any atom is 0.459 e. The Morgan fingerprint density at radius 1 is 1.28 bits per heavy atom. The van der Waals surface area contributed by atoms with E-state index < -0.39 is 67.8 Å². The van der Waals surface area contributed by atoms with Gasteiger partial charge in [0.05, 0.1) is 12.7 Å². The number of esters is 1. The van der Waals surface area contributed by atoms with Crippen molar-refractivity contribution in [3.8, 4) is 5.75 Å². The van der Waals surface area contributed by atoms with E-state index in [2.05, 4.69) is 5.09 Å². The Bertz CT molecular complexity index is 1220. The lowest BCUT2D eigenvalue weighted by molar-refractivity contribution is -0.149. The molecule has 12 nitrogen and oxygen atoms in total. The van der Waals surface area contributed by atoms with Gasteiger partial charge in [0.2, 0.25) is 0 Å². The SMILES string of the molecule is CC(C)OC(=O)C(C)N[P@@](=O)(OCC1OC(n2ccc(=O)[nH]c2=O)[C@](C)(F)C1O)Oc1ccccc1. The van der Waals surface area contributed by atoms with Crippen molar-refractivity contribution in [3.63, 3.8) is 0 Å². The van der Waals surface area contributed by atoms with Gasteiger partial charge < -0.3 is 19.1 Å². The first-order chi connectivity index (χ1) is 16.8. The molecule has 198 valence electrons. The molecule has 0 amide bonds. The van der Waals surface area contributed by atoms with Crippen molar-refractivity contribution in [2.45, 2.75) is 63.9 Å². The summed E-state index contributed by atoms with van der Waals surface area (Å²) >= 11 is 0. The van der Waals surface area contributed by atoms with Crippen molar-refractivity contribution in [1.29, 1.82) is 0 Å². The third-order valence-electron chi connectivity index (χ3n) is 5.26. The molecule has 3 rings (SSSR count). The van der Waals surface area contributed by atoms with Gasteiger partial charge in [-0.15, -0.1) is 0 Å². The molecule has 0 spiro atoms. The summed E-state index contributed by atoms with van der Waals surface area (Å²) in [6.45, 7) is 5.07. The van der Waals surface area contributed by atoms with Gasteiger partial charge in [-0.05, 0) is 39.8 Å². The van der Waals surface area contributed by atoms with Gasteiger partial charge in [-0.25, -0.2) is 13.8 Å². The van der Waals surface area contributed by atoms with Crippen LogP contribution in [0.25, 0.3) is 0 Å². The van der Waals surface area contributed by atoms with E-state index >= 15 is 4.39 Å². The summed E-state index contributed by atoms with van der Waals surface area (Å²) < 4.78 is 51.4. The van der Waals surface area contributed by atoms with Gasteiger partial charge in [-0.2, -0.15) is 5.09 Å². The molecule has 1 aromatic heterocycles. The van der Waals surface area contributed by atoms with Crippen LogP contribution in [-0.2, 0) is 23.4 Å². The molecule has 6 atom stereocenters. The van der Waals surface area contributed by atoms with Gasteiger partial charge in [0.15, 0.2) is 11.9 Å². The molecule has 1 aromatic carbocycles. The second-order valence-corrected chi connectivity index (χ2v) is 10.4. The highest BCUT2D eigenvalue weighted by Gasteiger charge is 2.55. The van der Waals surface area contributed by atoms with Crippen LogP contribution in [0.2, 0.25) is 0 Å². The smallest absolute Gasteiger partial charge is 0.459 e. The van der Waals surface area contributed by atoms with Crippen LogP contribution in [0.4, 0.5) is 4.39 Å². The van der Waals surface area contributed by atoms with E-state index in [0.29, 0.717) is 0 Å². The third-order valence-corrected chi connectivity index (χ3v) is 6.90. The highest BCUT2D eigenvalue weighted by atomic mass is 31.2. The van der Waals surface area contributed by atoms with Gasteiger partial charge in [-0.1, -0.05) is 18.2 Å². The maximum atomic E-state index is 15.4. The summed E-state index contributed by atoms with van der Waals surface area (Å²) in [4.78, 5) is 37.7. The predicted octanol–water partition coefficient (Wildman–Crippen LogP) is 1.66. The van der Waals surface area contributed by atoms with Crippen LogP contribution in [0.1, 0.15) is 33.9 Å². The lowest BCUT2D eigenvalue weighted by Gasteiger charge is -2.25. The average molecular weight is 529 g/mol. The zero-order valence-corrected chi connectivity index (χ0v) is 21.0. The first kappa shape index (κ1) is 27.8. The van der Waals surface area contributed by atoms with Crippen LogP contribution in [0.5, 0.6) is 5.75 Å². The number of aliphatic hydroxyl groups excluding tert-OH is 1. The van der Waals surface area contributed by atoms with E-state index in [9.17, 15) is 24.1 Å². The Morgan fingerprint density at radius 3 is 2.56 bits per heavy atom. The lowest BCUT2D eigenvalue weighted by atomic mass is 9.98. The fourth-order valence-corrected chi connectivity index (χ4v) is 4.97. The molecule has 2 heterocycles. The zero-order valence-electron chi connectivity index (χ0n) is 20.1. The fourth-order valence-electron chi connectivity index (χ4n) is 3.47. The number of carbonyl (C=O) groups excluding carboxylic acids is 1. The van der Waals surface area contributed by atoms with Crippen LogP contribution >= 0.6 is 7.75 Å². The van der Waals surface area contributed by atoms with E-state index in [1.807, 2.05) is 4.98 Å². The Labute approximate surface area is 205 Å². The second kappa shape index (κ2) is 11.1. The monoisotopic (exact) mass is 529 g/mol. The molecule has 0 saturated carbocycles. The fraction of sp³-hybridized carbons (Fsp3) is 0.500. The molecule has 1 aliphatic heterocycles. The minimum Gasteiger partial charge on any atom is -0.462 e. The standard InChI is InChI=1S/C22H29FN3O9P/c1-13(2)33-19(29)14(3)25-36(31,35-15-8-6-5-7-9-15)32-12-16-18(28)22(4,23)20(34-16)26-11-10-17(27)24-21(26)30/h5-11,13-14,16,18,20,28H,12H2,1-4H3,(H,25,31)(H,24,27,30)/t14?,16?,18?,20?,22-,36-/m1/s1. The quantitative estimate of drug-likeness (QED) is 0.305. The number of halogens is 1. The zero-order chi connectivity index (χ0) is 26.7. The first-order valence-corrected chi connectivity index (χ1v) is 12.7. The third kappa shape index (κ3) is 6.48. The summed E-state index contributed by atoms with van der Waals surface area (Å²) in [5, 5.41) is 13.0. The number of alkyl halides is 1. The summed E-state index contributed by atoms with van der Waals surface area (Å²) in [6, 6.07) is 7.86. The summed E-state index contributed by atoms with van der Waals surface area (Å²) in [5.41, 5.74) is -4.12. The van der Waals surface area contributed by atoms with Gasteiger partial charge in [0.25, 0.3) is 5.56 Å². The molecule has 4 unspecified atom stereocenters. The largest absolute Gasteiger partial charge is 0.462 e. The number of nitrogens with zero attached hydrogens (tertiary/aromatic N) is 1. The second-order valence-electron chi connectivity index (χ2n) is 8.67. The molecule has 14 heteroatoms. The Kier molecular flexibility index (Phi) is 8.52. The minimum atomic E-state index is -4.30. The van der Waals surface area contributed by atoms with Crippen molar-refractivity contribution in [3.05, 3.63) is 63.4 Å². The number of aromatic nitrogens is 2. The number of hydrogen-bond acceptors (Lipinski definition) is 9. The summed E-state index contributed by atoms with van der Waals surface area (Å²) in [5.74, 6) is -0.560. The van der Waals surface area contributed by atoms with Crippen molar-refractivity contribution >= 4 is 13.7 Å². The van der Waals surface area contributed by atoms with Gasteiger partial charge in [0, 0.05) is 12.3 Å². The van der Waals surface area contributed by atoms with Gasteiger partial charge in [0.1, 0.15) is 24.0 Å². The summed E-state index contributed by atoms with van der Waals surface area (Å²) in [6.07, 6.45) is -4.21. The Morgan fingerprint density at radius 2 is 1.94 bits per heavy atom. The molecule has 0 aliphatic carbocycles. The van der Waals surface area contributed by atoms with Crippen LogP contribution < -0.4 is 20.9 Å². The van der Waals surface area contributed by atoms with E-state index in [0.717, 1.165) is 23.8 Å². The highest BCUT2D eigenvalue weighted by Crippen LogP contribution is 2.47. The first-order valence-electron chi connectivity index (χ1n) is 11.1. The number of carbonyl (C=O) groups is 1. The predicted molar refractivity (Wildman–Crippen MR) is 125 cm³/mol. The number of aliphatic hydroxyl groups is 1. The highest BCUT2D eigenvalue weighted by molar-refractivity contribution is 7.52. The van der Waals surface area contributed by atoms with Crippen LogP contribution in [-0.4, -0.2) is 57.3 Å². The van der Waals surface area contributed by atoms with Crippen molar-refractivity contribution < 1.29 is 37.4 Å². The van der Waals surface area contributed by atoms with E-state index in [1.54, 1.807) is 32.0 Å². The van der Waals surface area contributed by atoms with Crippen LogP contribution in [0, 0.1) is 0 Å².